The second kappa shape index (κ2) is 7.30. The zero-order chi connectivity index (χ0) is 16.9. The summed E-state index contributed by atoms with van der Waals surface area (Å²) in [4.78, 5) is 15.7. The van der Waals surface area contributed by atoms with Crippen LogP contribution in [0, 0.1) is 12.7 Å². The van der Waals surface area contributed by atoms with E-state index in [-0.39, 0.29) is 23.8 Å². The monoisotopic (exact) mass is 337 g/mol. The summed E-state index contributed by atoms with van der Waals surface area (Å²) in [5.41, 5.74) is 0.951. The summed E-state index contributed by atoms with van der Waals surface area (Å²) in [7, 11) is -3.76. The topological polar surface area (TPSA) is 88.2 Å². The van der Waals surface area contributed by atoms with Crippen molar-refractivity contribution in [3.63, 3.8) is 0 Å². The van der Waals surface area contributed by atoms with Crippen LogP contribution in [0.15, 0.2) is 47.5 Å². The Morgan fingerprint density at radius 3 is 2.57 bits per heavy atom. The lowest BCUT2D eigenvalue weighted by molar-refractivity contribution is -0.116. The van der Waals surface area contributed by atoms with Gasteiger partial charge in [0.2, 0.25) is 15.9 Å². The molecular weight excluding hydrogens is 321 g/mol. The third kappa shape index (κ3) is 5.11. The van der Waals surface area contributed by atoms with Crippen molar-refractivity contribution >= 4 is 21.7 Å². The molecule has 1 aromatic heterocycles. The van der Waals surface area contributed by atoms with Crippen LogP contribution in [0.3, 0.4) is 0 Å². The first-order chi connectivity index (χ1) is 10.9. The fourth-order valence-electron chi connectivity index (χ4n) is 1.81. The van der Waals surface area contributed by atoms with Crippen molar-refractivity contribution in [1.82, 2.24) is 9.71 Å². The van der Waals surface area contributed by atoms with E-state index in [1.165, 1.54) is 0 Å². The summed E-state index contributed by atoms with van der Waals surface area (Å²) >= 11 is 0. The van der Waals surface area contributed by atoms with Crippen LogP contribution in [0.1, 0.15) is 12.0 Å². The fourth-order valence-corrected chi connectivity index (χ4v) is 2.84. The highest BCUT2D eigenvalue weighted by Crippen LogP contribution is 2.09. The number of halogens is 1. The van der Waals surface area contributed by atoms with Gasteiger partial charge in [-0.05, 0) is 48.9 Å². The van der Waals surface area contributed by atoms with E-state index in [1.807, 2.05) is 6.92 Å². The van der Waals surface area contributed by atoms with Crippen LogP contribution in [0.5, 0.6) is 0 Å². The van der Waals surface area contributed by atoms with Crippen molar-refractivity contribution in [2.24, 2.45) is 0 Å². The van der Waals surface area contributed by atoms with Crippen molar-refractivity contribution in [1.29, 1.82) is 0 Å². The van der Waals surface area contributed by atoms with Gasteiger partial charge in [0.1, 0.15) is 11.6 Å². The van der Waals surface area contributed by atoms with E-state index in [1.54, 1.807) is 18.3 Å². The molecule has 2 aromatic rings. The number of pyridine rings is 1. The number of aromatic nitrogens is 1. The molecule has 23 heavy (non-hydrogen) atoms. The first-order valence-corrected chi connectivity index (χ1v) is 8.33. The lowest BCUT2D eigenvalue weighted by Crippen LogP contribution is -2.28. The summed E-state index contributed by atoms with van der Waals surface area (Å²) in [5, 5.41) is 2.58. The molecule has 0 spiro atoms. The molecule has 1 aromatic carbocycles. The van der Waals surface area contributed by atoms with Crippen LogP contribution < -0.4 is 10.0 Å². The lowest BCUT2D eigenvalue weighted by atomic mass is 10.3. The second-order valence-corrected chi connectivity index (χ2v) is 6.64. The summed E-state index contributed by atoms with van der Waals surface area (Å²) in [6.07, 6.45) is 1.53. The zero-order valence-electron chi connectivity index (χ0n) is 12.4. The van der Waals surface area contributed by atoms with Crippen LogP contribution in [0.4, 0.5) is 10.2 Å². The Morgan fingerprint density at radius 1 is 1.22 bits per heavy atom. The second-order valence-electron chi connectivity index (χ2n) is 4.87. The highest BCUT2D eigenvalue weighted by atomic mass is 32.2. The number of rotatable bonds is 6. The van der Waals surface area contributed by atoms with Gasteiger partial charge in [-0.25, -0.2) is 22.5 Å². The van der Waals surface area contributed by atoms with E-state index in [0.29, 0.717) is 5.82 Å². The summed E-state index contributed by atoms with van der Waals surface area (Å²) < 4.78 is 39.0. The van der Waals surface area contributed by atoms with E-state index in [9.17, 15) is 17.6 Å². The van der Waals surface area contributed by atoms with Gasteiger partial charge in [0, 0.05) is 19.2 Å². The largest absolute Gasteiger partial charge is 0.311 e. The van der Waals surface area contributed by atoms with Gasteiger partial charge in [-0.1, -0.05) is 0 Å². The molecule has 2 rings (SSSR count). The van der Waals surface area contributed by atoms with Gasteiger partial charge < -0.3 is 5.32 Å². The third-order valence-electron chi connectivity index (χ3n) is 2.95. The minimum absolute atomic E-state index is 0.0456. The molecule has 0 aliphatic rings. The average molecular weight is 337 g/mol. The number of hydrogen-bond acceptors (Lipinski definition) is 4. The normalized spacial score (nSPS) is 11.2. The van der Waals surface area contributed by atoms with E-state index >= 15 is 0 Å². The number of sulfonamides is 1. The van der Waals surface area contributed by atoms with Crippen LogP contribution in [-0.4, -0.2) is 25.9 Å². The van der Waals surface area contributed by atoms with Gasteiger partial charge in [-0.15, -0.1) is 0 Å². The molecule has 0 saturated carbocycles. The van der Waals surface area contributed by atoms with Crippen LogP contribution >= 0.6 is 0 Å². The molecular formula is C15H16FN3O3S. The average Bonchev–Trinajstić information content (AvgIpc) is 2.47. The van der Waals surface area contributed by atoms with Gasteiger partial charge in [-0.3, -0.25) is 4.79 Å². The van der Waals surface area contributed by atoms with E-state index in [2.05, 4.69) is 15.0 Å². The van der Waals surface area contributed by atoms with Crippen molar-refractivity contribution in [2.75, 3.05) is 11.9 Å². The minimum Gasteiger partial charge on any atom is -0.311 e. The molecule has 0 aliphatic carbocycles. The lowest BCUT2D eigenvalue weighted by Gasteiger charge is -2.07. The van der Waals surface area contributed by atoms with E-state index in [4.69, 9.17) is 0 Å². The number of hydrogen-bond donors (Lipinski definition) is 2. The molecule has 0 saturated heterocycles. The third-order valence-corrected chi connectivity index (χ3v) is 4.43. The molecule has 6 nitrogen and oxygen atoms in total. The fraction of sp³-hybridized carbons (Fsp3) is 0.200. The number of amides is 1. The molecule has 0 fully saturated rings. The van der Waals surface area contributed by atoms with Crippen molar-refractivity contribution in [3.8, 4) is 0 Å². The van der Waals surface area contributed by atoms with Gasteiger partial charge in [0.15, 0.2) is 0 Å². The van der Waals surface area contributed by atoms with Crippen molar-refractivity contribution in [3.05, 3.63) is 54.0 Å². The number of aryl methyl sites for hydroxylation is 1. The van der Waals surface area contributed by atoms with Gasteiger partial charge in [0.25, 0.3) is 0 Å². The highest BCUT2D eigenvalue weighted by Gasteiger charge is 2.14. The SMILES string of the molecule is Cc1ccnc(NC(=O)CCNS(=O)(=O)c2ccc(F)cc2)c1. The molecule has 0 bridgehead atoms. The Labute approximate surface area is 133 Å². The Kier molecular flexibility index (Phi) is 5.41. The summed E-state index contributed by atoms with van der Waals surface area (Å²) in [5.74, 6) is -0.463. The van der Waals surface area contributed by atoms with Crippen LogP contribution in [0.25, 0.3) is 0 Å². The molecule has 8 heteroatoms. The maximum atomic E-state index is 12.8. The van der Waals surface area contributed by atoms with Gasteiger partial charge in [0.05, 0.1) is 4.90 Å². The smallest absolute Gasteiger partial charge is 0.240 e. The molecule has 122 valence electrons. The number of carbonyl (C=O) groups excluding carboxylic acids is 1. The first-order valence-electron chi connectivity index (χ1n) is 6.84. The van der Waals surface area contributed by atoms with E-state index in [0.717, 1.165) is 29.8 Å². The van der Waals surface area contributed by atoms with Crippen LogP contribution in [0.2, 0.25) is 0 Å². The summed E-state index contributed by atoms with van der Waals surface area (Å²) in [6.45, 7) is 1.80. The maximum absolute atomic E-state index is 12.8. The Bertz CT molecular complexity index is 792. The Balaban J connectivity index is 1.86. The molecule has 0 aliphatic heterocycles. The predicted octanol–water partition coefficient (Wildman–Crippen LogP) is 1.84. The van der Waals surface area contributed by atoms with E-state index < -0.39 is 15.8 Å². The van der Waals surface area contributed by atoms with Gasteiger partial charge >= 0.3 is 0 Å². The maximum Gasteiger partial charge on any atom is 0.240 e. The van der Waals surface area contributed by atoms with Crippen molar-refractivity contribution < 1.29 is 17.6 Å². The Hall–Kier alpha value is -2.32. The standard InChI is InChI=1S/C15H16FN3O3S/c1-11-6-8-17-14(10-11)19-15(20)7-9-18-23(21,22)13-4-2-12(16)3-5-13/h2-6,8,10,18H,7,9H2,1H3,(H,17,19,20). The summed E-state index contributed by atoms with van der Waals surface area (Å²) in [6, 6.07) is 7.95. The molecule has 0 atom stereocenters. The number of anilines is 1. The minimum atomic E-state index is -3.76. The molecule has 0 radical (unpaired) electrons. The van der Waals surface area contributed by atoms with Crippen molar-refractivity contribution in [2.45, 2.75) is 18.2 Å². The predicted molar refractivity (Wildman–Crippen MR) is 83.8 cm³/mol. The molecule has 0 unspecified atom stereocenters. The zero-order valence-corrected chi connectivity index (χ0v) is 13.2. The number of nitrogens with one attached hydrogen (secondary N) is 2. The number of nitrogens with zero attached hydrogens (tertiary/aromatic N) is 1. The number of carbonyl (C=O) groups is 1. The van der Waals surface area contributed by atoms with Crippen LogP contribution in [-0.2, 0) is 14.8 Å². The Morgan fingerprint density at radius 2 is 1.91 bits per heavy atom. The quantitative estimate of drug-likeness (QED) is 0.842. The number of benzene rings is 1. The first kappa shape index (κ1) is 17.0. The molecule has 1 amide bonds. The highest BCUT2D eigenvalue weighted by molar-refractivity contribution is 7.89. The van der Waals surface area contributed by atoms with Gasteiger partial charge in [-0.2, -0.15) is 0 Å². The molecule has 2 N–H and O–H groups in total. The molecule has 1 heterocycles.